The minimum atomic E-state index is -0.537. The van der Waals surface area contributed by atoms with E-state index in [-0.39, 0.29) is 12.2 Å². The third-order valence-corrected chi connectivity index (χ3v) is 4.83. The second kappa shape index (κ2) is 10.8. The Hall–Kier alpha value is -3.61. The van der Waals surface area contributed by atoms with E-state index in [1.165, 1.54) is 7.11 Å². The molecule has 33 heavy (non-hydrogen) atoms. The van der Waals surface area contributed by atoms with Crippen molar-refractivity contribution in [1.82, 2.24) is 14.9 Å². The van der Waals surface area contributed by atoms with Crippen LogP contribution in [0, 0.1) is 0 Å². The van der Waals surface area contributed by atoms with Gasteiger partial charge in [-0.25, -0.2) is 9.78 Å². The van der Waals surface area contributed by atoms with Crippen LogP contribution in [0.5, 0.6) is 11.8 Å². The van der Waals surface area contributed by atoms with E-state index in [1.54, 1.807) is 18.1 Å². The molecule has 0 aliphatic rings. The van der Waals surface area contributed by atoms with Crippen molar-refractivity contribution in [2.75, 3.05) is 20.7 Å². The summed E-state index contributed by atoms with van der Waals surface area (Å²) in [6.45, 7) is 6.05. The first-order valence-corrected chi connectivity index (χ1v) is 10.9. The Balaban J connectivity index is 1.77. The molecule has 3 rings (SSSR count). The number of carbonyl (C=O) groups is 1. The first kappa shape index (κ1) is 24.0. The lowest BCUT2D eigenvalue weighted by Crippen LogP contribution is -2.35. The molecule has 0 radical (unpaired) electrons. The van der Waals surface area contributed by atoms with E-state index in [4.69, 9.17) is 14.2 Å². The Morgan fingerprint density at radius 2 is 1.82 bits per heavy atom. The van der Waals surface area contributed by atoms with E-state index in [0.717, 1.165) is 16.8 Å². The summed E-state index contributed by atoms with van der Waals surface area (Å²) in [5.74, 6) is 0.707. The van der Waals surface area contributed by atoms with Gasteiger partial charge in [0.2, 0.25) is 0 Å². The summed E-state index contributed by atoms with van der Waals surface area (Å²) in [6, 6.07) is 19.9. The number of methoxy groups -OCH3 is 1. The van der Waals surface area contributed by atoms with Crippen molar-refractivity contribution < 1.29 is 19.0 Å². The minimum Gasteiger partial charge on any atom is -0.486 e. The summed E-state index contributed by atoms with van der Waals surface area (Å²) in [5.41, 5.74) is 2.13. The van der Waals surface area contributed by atoms with Crippen LogP contribution in [0.1, 0.15) is 38.9 Å². The molecule has 7 heteroatoms. The molecule has 7 nitrogen and oxygen atoms in total. The molecule has 1 amide bonds. The number of carbonyl (C=O) groups excluding carboxylic acids is 1. The lowest BCUT2D eigenvalue weighted by atomic mass is 10.1. The van der Waals surface area contributed by atoms with Crippen LogP contribution >= 0.6 is 0 Å². The number of rotatable bonds is 8. The quantitative estimate of drug-likeness (QED) is 0.450. The SMILES string of the molecule is COc1nccc(-c2cccc(OC(CCN(C)C(=O)OC(C)(C)C)c3ccccc3)c2)n1. The maximum atomic E-state index is 12.4. The molecule has 0 spiro atoms. The molecule has 174 valence electrons. The summed E-state index contributed by atoms with van der Waals surface area (Å²) >= 11 is 0. The lowest BCUT2D eigenvalue weighted by molar-refractivity contribution is 0.0278. The second-order valence-electron chi connectivity index (χ2n) is 8.66. The number of amides is 1. The molecule has 0 bridgehead atoms. The van der Waals surface area contributed by atoms with Gasteiger partial charge in [0.25, 0.3) is 0 Å². The molecule has 0 aliphatic heterocycles. The van der Waals surface area contributed by atoms with E-state index < -0.39 is 5.60 Å². The van der Waals surface area contributed by atoms with Crippen LogP contribution in [0.15, 0.2) is 66.9 Å². The number of benzene rings is 2. The van der Waals surface area contributed by atoms with Gasteiger partial charge < -0.3 is 19.1 Å². The highest BCUT2D eigenvalue weighted by atomic mass is 16.6. The van der Waals surface area contributed by atoms with E-state index in [2.05, 4.69) is 9.97 Å². The molecule has 2 aromatic carbocycles. The van der Waals surface area contributed by atoms with Crippen molar-refractivity contribution in [1.29, 1.82) is 0 Å². The predicted molar refractivity (Wildman–Crippen MR) is 127 cm³/mol. The number of ether oxygens (including phenoxy) is 3. The Kier molecular flexibility index (Phi) is 7.87. The van der Waals surface area contributed by atoms with Crippen molar-refractivity contribution in [3.8, 4) is 23.0 Å². The summed E-state index contributed by atoms with van der Waals surface area (Å²) in [7, 11) is 3.27. The Morgan fingerprint density at radius 1 is 1.06 bits per heavy atom. The van der Waals surface area contributed by atoms with Gasteiger partial charge in [-0.2, -0.15) is 4.98 Å². The fraction of sp³-hybridized carbons (Fsp3) is 0.346. The standard InChI is InChI=1S/C26H31N3O4/c1-26(2,3)33-25(30)29(4)17-15-23(19-10-7-6-8-11-19)32-21-13-9-12-20(18-21)22-14-16-27-24(28-22)31-5/h6-14,16,18,23H,15,17H2,1-5H3. The zero-order valence-corrected chi connectivity index (χ0v) is 19.8. The van der Waals surface area contributed by atoms with Gasteiger partial charge in [0, 0.05) is 31.8 Å². The zero-order valence-electron chi connectivity index (χ0n) is 19.8. The third-order valence-electron chi connectivity index (χ3n) is 4.83. The first-order valence-electron chi connectivity index (χ1n) is 10.9. The van der Waals surface area contributed by atoms with Crippen LogP contribution in [0.2, 0.25) is 0 Å². The van der Waals surface area contributed by atoms with E-state index >= 15 is 0 Å². The van der Waals surface area contributed by atoms with Crippen LogP contribution < -0.4 is 9.47 Å². The van der Waals surface area contributed by atoms with Crippen molar-refractivity contribution in [3.63, 3.8) is 0 Å². The number of hydrogen-bond donors (Lipinski definition) is 0. The van der Waals surface area contributed by atoms with Crippen molar-refractivity contribution in [3.05, 3.63) is 72.4 Å². The molecule has 0 aliphatic carbocycles. The summed E-state index contributed by atoms with van der Waals surface area (Å²) in [5, 5.41) is 0. The Labute approximate surface area is 195 Å². The smallest absolute Gasteiger partial charge is 0.410 e. The van der Waals surface area contributed by atoms with Crippen molar-refractivity contribution in [2.45, 2.75) is 38.9 Å². The topological polar surface area (TPSA) is 73.8 Å². The molecule has 1 unspecified atom stereocenters. The minimum absolute atomic E-state index is 0.244. The molecule has 0 saturated heterocycles. The highest BCUT2D eigenvalue weighted by molar-refractivity contribution is 5.67. The van der Waals surface area contributed by atoms with Gasteiger partial charge in [0.1, 0.15) is 17.5 Å². The van der Waals surface area contributed by atoms with Gasteiger partial charge >= 0.3 is 12.1 Å². The number of hydrogen-bond acceptors (Lipinski definition) is 6. The Morgan fingerprint density at radius 3 is 2.52 bits per heavy atom. The molecule has 0 saturated carbocycles. The predicted octanol–water partition coefficient (Wildman–Crippen LogP) is 5.53. The second-order valence-corrected chi connectivity index (χ2v) is 8.66. The first-order chi connectivity index (χ1) is 15.7. The lowest BCUT2D eigenvalue weighted by Gasteiger charge is -2.26. The fourth-order valence-electron chi connectivity index (χ4n) is 3.20. The van der Waals surface area contributed by atoms with Crippen LogP contribution in [-0.4, -0.2) is 47.3 Å². The highest BCUT2D eigenvalue weighted by Gasteiger charge is 2.21. The molecule has 1 heterocycles. The summed E-state index contributed by atoms with van der Waals surface area (Å²) in [6.07, 6.45) is 1.67. The van der Waals surface area contributed by atoms with E-state index in [9.17, 15) is 4.79 Å². The van der Waals surface area contributed by atoms with Gasteiger partial charge in [-0.1, -0.05) is 42.5 Å². The van der Waals surface area contributed by atoms with Crippen LogP contribution in [0.25, 0.3) is 11.3 Å². The normalized spacial score (nSPS) is 12.0. The molecule has 0 N–H and O–H groups in total. The average Bonchev–Trinajstić information content (AvgIpc) is 2.81. The fourth-order valence-corrected chi connectivity index (χ4v) is 3.20. The van der Waals surface area contributed by atoms with Crippen LogP contribution in [-0.2, 0) is 4.74 Å². The highest BCUT2D eigenvalue weighted by Crippen LogP contribution is 2.29. The van der Waals surface area contributed by atoms with Gasteiger partial charge in [0.15, 0.2) is 0 Å². The van der Waals surface area contributed by atoms with E-state index in [0.29, 0.717) is 24.7 Å². The third kappa shape index (κ3) is 7.20. The number of aromatic nitrogens is 2. The molecular formula is C26H31N3O4. The average molecular weight is 450 g/mol. The summed E-state index contributed by atoms with van der Waals surface area (Å²) < 4.78 is 17.0. The van der Waals surface area contributed by atoms with Gasteiger partial charge in [-0.3, -0.25) is 0 Å². The van der Waals surface area contributed by atoms with Gasteiger partial charge in [0.05, 0.1) is 12.8 Å². The molecule has 1 atom stereocenters. The summed E-state index contributed by atoms with van der Waals surface area (Å²) in [4.78, 5) is 22.4. The zero-order chi connectivity index (χ0) is 23.8. The largest absolute Gasteiger partial charge is 0.486 e. The van der Waals surface area contributed by atoms with Crippen molar-refractivity contribution in [2.24, 2.45) is 0 Å². The van der Waals surface area contributed by atoms with Gasteiger partial charge in [-0.15, -0.1) is 0 Å². The maximum absolute atomic E-state index is 12.4. The monoisotopic (exact) mass is 449 g/mol. The molecule has 1 aromatic heterocycles. The molecule has 0 fully saturated rings. The Bertz CT molecular complexity index is 1050. The molecule has 3 aromatic rings. The van der Waals surface area contributed by atoms with Crippen molar-refractivity contribution >= 4 is 6.09 Å². The van der Waals surface area contributed by atoms with Crippen LogP contribution in [0.3, 0.4) is 0 Å². The number of nitrogens with zero attached hydrogens (tertiary/aromatic N) is 3. The van der Waals surface area contributed by atoms with Crippen LogP contribution in [0.4, 0.5) is 4.79 Å². The molecular weight excluding hydrogens is 418 g/mol. The van der Waals surface area contributed by atoms with Gasteiger partial charge in [-0.05, 0) is 44.5 Å². The maximum Gasteiger partial charge on any atom is 0.410 e. The van der Waals surface area contributed by atoms with E-state index in [1.807, 2.05) is 81.4 Å².